The van der Waals surface area contributed by atoms with Crippen LogP contribution in [0.25, 0.3) is 11.3 Å². The quantitative estimate of drug-likeness (QED) is 0.639. The lowest BCUT2D eigenvalue weighted by Crippen LogP contribution is -2.30. The van der Waals surface area contributed by atoms with Gasteiger partial charge in [0.05, 0.1) is 22.8 Å². The number of pyridine rings is 1. The lowest BCUT2D eigenvalue weighted by atomic mass is 9.89. The van der Waals surface area contributed by atoms with Crippen LogP contribution in [-0.2, 0) is 36.0 Å². The van der Waals surface area contributed by atoms with Crippen molar-refractivity contribution in [3.05, 3.63) is 75.3 Å². The van der Waals surface area contributed by atoms with E-state index < -0.39 is 10.0 Å². The van der Waals surface area contributed by atoms with Gasteiger partial charge in [0.1, 0.15) is 0 Å². The Bertz CT molecular complexity index is 1270. The molecule has 3 aromatic rings. The van der Waals surface area contributed by atoms with Gasteiger partial charge in [-0.1, -0.05) is 18.2 Å². The van der Waals surface area contributed by atoms with Crippen LogP contribution >= 0.6 is 0 Å². The molecular weight excluding hydrogens is 412 g/mol. The minimum absolute atomic E-state index is 0.0297. The summed E-state index contributed by atoms with van der Waals surface area (Å²) in [4.78, 5) is 17.1. The molecule has 1 N–H and O–H groups in total. The molecule has 0 saturated heterocycles. The summed E-state index contributed by atoms with van der Waals surface area (Å²) in [6, 6.07) is 10.7. The minimum atomic E-state index is -3.75. The van der Waals surface area contributed by atoms with Crippen molar-refractivity contribution in [2.75, 3.05) is 0 Å². The normalized spacial score (nSPS) is 13.7. The van der Waals surface area contributed by atoms with Gasteiger partial charge in [-0.25, -0.2) is 17.8 Å². The molecule has 0 atom stereocenters. The Kier molecular flexibility index (Phi) is 6.02. The Hall–Kier alpha value is -2.84. The first-order valence-electron chi connectivity index (χ1n) is 10.5. The molecule has 1 aromatic carbocycles. The molecule has 0 saturated carbocycles. The lowest BCUT2D eigenvalue weighted by Gasteiger charge is -2.20. The highest BCUT2D eigenvalue weighted by Gasteiger charge is 2.23. The molecule has 7 nitrogen and oxygen atoms in total. The van der Waals surface area contributed by atoms with Crippen molar-refractivity contribution in [3.8, 4) is 11.3 Å². The molecule has 0 aliphatic heterocycles. The van der Waals surface area contributed by atoms with Gasteiger partial charge in [0, 0.05) is 23.9 Å². The van der Waals surface area contributed by atoms with E-state index in [0.29, 0.717) is 29.1 Å². The second-order valence-corrected chi connectivity index (χ2v) is 9.50. The zero-order valence-corrected chi connectivity index (χ0v) is 18.6. The summed E-state index contributed by atoms with van der Waals surface area (Å²) < 4.78 is 30.2. The van der Waals surface area contributed by atoms with Crippen molar-refractivity contribution in [3.63, 3.8) is 0 Å². The average molecular weight is 439 g/mol. The van der Waals surface area contributed by atoms with Crippen molar-refractivity contribution in [2.45, 2.75) is 57.5 Å². The van der Waals surface area contributed by atoms with E-state index in [1.54, 1.807) is 37.4 Å². The predicted molar refractivity (Wildman–Crippen MR) is 119 cm³/mol. The Morgan fingerprint density at radius 1 is 1.10 bits per heavy atom. The molecular formula is C23H26N4O3S. The minimum Gasteiger partial charge on any atom is -0.267 e. The molecule has 0 amide bonds. The van der Waals surface area contributed by atoms with Crippen molar-refractivity contribution < 1.29 is 8.42 Å². The van der Waals surface area contributed by atoms with Gasteiger partial charge in [-0.05, 0) is 68.9 Å². The van der Waals surface area contributed by atoms with E-state index in [1.165, 1.54) is 4.68 Å². The number of nitrogens with one attached hydrogen (secondary N) is 1. The number of hydrogen-bond donors (Lipinski definition) is 1. The van der Waals surface area contributed by atoms with Gasteiger partial charge in [0.2, 0.25) is 10.0 Å². The number of nitrogens with zero attached hydrogens (tertiary/aromatic N) is 3. The highest BCUT2D eigenvalue weighted by Crippen LogP contribution is 2.30. The SMILES string of the molecule is CCn1nc(-c2ccc(C)c(S(=O)(=O)NCc3ccccn3)c2)c2c(c1=O)CCCC2. The maximum absolute atomic E-state index is 13.1. The summed E-state index contributed by atoms with van der Waals surface area (Å²) in [6.07, 6.45) is 5.14. The molecule has 1 aliphatic rings. The highest BCUT2D eigenvalue weighted by atomic mass is 32.2. The number of aromatic nitrogens is 3. The van der Waals surface area contributed by atoms with Gasteiger partial charge in [-0.3, -0.25) is 9.78 Å². The Labute approximate surface area is 182 Å². The topological polar surface area (TPSA) is 93.9 Å². The summed E-state index contributed by atoms with van der Waals surface area (Å²) in [7, 11) is -3.75. The number of fused-ring (bicyclic) bond motifs is 1. The van der Waals surface area contributed by atoms with Crippen molar-refractivity contribution in [1.29, 1.82) is 0 Å². The van der Waals surface area contributed by atoms with Crippen LogP contribution < -0.4 is 10.3 Å². The van der Waals surface area contributed by atoms with E-state index in [9.17, 15) is 13.2 Å². The van der Waals surface area contributed by atoms with Crippen LogP contribution in [0.2, 0.25) is 0 Å². The number of rotatable bonds is 6. The van der Waals surface area contributed by atoms with Crippen LogP contribution in [0.5, 0.6) is 0 Å². The molecule has 0 unspecified atom stereocenters. The smallest absolute Gasteiger partial charge is 0.267 e. The summed E-state index contributed by atoms with van der Waals surface area (Å²) in [6.45, 7) is 4.25. The maximum Gasteiger partial charge on any atom is 0.270 e. The third-order valence-corrected chi connectivity index (χ3v) is 7.23. The third kappa shape index (κ3) is 4.31. The van der Waals surface area contributed by atoms with Crippen LogP contribution in [0, 0.1) is 6.92 Å². The van der Waals surface area contributed by atoms with E-state index in [-0.39, 0.29) is 17.0 Å². The fourth-order valence-electron chi connectivity index (χ4n) is 4.02. The summed E-state index contributed by atoms with van der Waals surface area (Å²) in [5.74, 6) is 0. The Morgan fingerprint density at radius 2 is 1.87 bits per heavy atom. The molecule has 8 heteroatoms. The second kappa shape index (κ2) is 8.72. The molecule has 2 heterocycles. The fraction of sp³-hybridized carbons (Fsp3) is 0.348. The van der Waals surface area contributed by atoms with Gasteiger partial charge >= 0.3 is 0 Å². The summed E-state index contributed by atoms with van der Waals surface area (Å²) >= 11 is 0. The van der Waals surface area contributed by atoms with E-state index >= 15 is 0 Å². The molecule has 2 aromatic heterocycles. The van der Waals surface area contributed by atoms with Crippen molar-refractivity contribution in [2.24, 2.45) is 0 Å². The zero-order chi connectivity index (χ0) is 22.0. The molecule has 4 rings (SSSR count). The molecule has 162 valence electrons. The van der Waals surface area contributed by atoms with E-state index in [0.717, 1.165) is 36.8 Å². The van der Waals surface area contributed by atoms with E-state index in [2.05, 4.69) is 14.8 Å². The third-order valence-electron chi connectivity index (χ3n) is 5.69. The van der Waals surface area contributed by atoms with Gasteiger partial charge in [-0.15, -0.1) is 0 Å². The maximum atomic E-state index is 13.1. The van der Waals surface area contributed by atoms with Crippen molar-refractivity contribution in [1.82, 2.24) is 19.5 Å². The van der Waals surface area contributed by atoms with Crippen LogP contribution in [0.1, 0.15) is 42.1 Å². The van der Waals surface area contributed by atoms with Crippen LogP contribution in [0.15, 0.2) is 52.3 Å². The lowest BCUT2D eigenvalue weighted by molar-refractivity contribution is 0.579. The fourth-order valence-corrected chi connectivity index (χ4v) is 5.28. The number of sulfonamides is 1. The first kappa shape index (κ1) is 21.4. The number of benzene rings is 1. The standard InChI is InChI=1S/C23H26N4O3S/c1-3-27-23(28)20-10-5-4-9-19(20)22(26-27)17-12-11-16(2)21(14-17)31(29,30)25-15-18-8-6-7-13-24-18/h6-8,11-14,25H,3-5,9-10,15H2,1-2H3. The van der Waals surface area contributed by atoms with Crippen molar-refractivity contribution >= 4 is 10.0 Å². The van der Waals surface area contributed by atoms with Crippen LogP contribution in [0.4, 0.5) is 0 Å². The average Bonchev–Trinajstić information content (AvgIpc) is 2.79. The molecule has 0 bridgehead atoms. The van der Waals surface area contributed by atoms with E-state index in [1.807, 2.05) is 19.1 Å². The Morgan fingerprint density at radius 3 is 2.58 bits per heavy atom. The molecule has 1 aliphatic carbocycles. The first-order valence-corrected chi connectivity index (χ1v) is 12.0. The van der Waals surface area contributed by atoms with Crippen LogP contribution in [0.3, 0.4) is 0 Å². The molecule has 0 radical (unpaired) electrons. The molecule has 31 heavy (non-hydrogen) atoms. The van der Waals surface area contributed by atoms with Gasteiger partial charge in [-0.2, -0.15) is 5.10 Å². The zero-order valence-electron chi connectivity index (χ0n) is 17.8. The Balaban J connectivity index is 1.76. The predicted octanol–water partition coefficient (Wildman–Crippen LogP) is 2.99. The van der Waals surface area contributed by atoms with Gasteiger partial charge in [0.15, 0.2) is 0 Å². The number of hydrogen-bond acceptors (Lipinski definition) is 5. The summed E-state index contributed by atoms with van der Waals surface area (Å²) in [5.41, 5.74) is 4.45. The first-order chi connectivity index (χ1) is 14.9. The van der Waals surface area contributed by atoms with Gasteiger partial charge < -0.3 is 0 Å². The monoisotopic (exact) mass is 438 g/mol. The molecule has 0 spiro atoms. The highest BCUT2D eigenvalue weighted by molar-refractivity contribution is 7.89. The number of aryl methyl sites for hydroxylation is 2. The molecule has 0 fully saturated rings. The van der Waals surface area contributed by atoms with E-state index in [4.69, 9.17) is 0 Å². The van der Waals surface area contributed by atoms with Crippen LogP contribution in [-0.4, -0.2) is 23.2 Å². The second-order valence-electron chi connectivity index (χ2n) is 7.76. The largest absolute Gasteiger partial charge is 0.270 e. The van der Waals surface area contributed by atoms with Gasteiger partial charge in [0.25, 0.3) is 5.56 Å². The summed E-state index contributed by atoms with van der Waals surface area (Å²) in [5, 5.41) is 4.60.